The van der Waals surface area contributed by atoms with Crippen LogP contribution >= 0.6 is 46.8 Å². The van der Waals surface area contributed by atoms with Crippen molar-refractivity contribution in [1.82, 2.24) is 8.54 Å². The van der Waals surface area contributed by atoms with Gasteiger partial charge in [0.15, 0.2) is 11.5 Å². The molecule has 11 heteroatoms. The van der Waals surface area contributed by atoms with Crippen LogP contribution < -0.4 is 20.7 Å². The van der Waals surface area contributed by atoms with Crippen LogP contribution in [0.3, 0.4) is 0 Å². The van der Waals surface area contributed by atoms with Crippen LogP contribution in [0.4, 0.5) is 0 Å². The third kappa shape index (κ3) is 3.21. The van der Waals surface area contributed by atoms with E-state index in [1.54, 1.807) is 24.3 Å². The summed E-state index contributed by atoms with van der Waals surface area (Å²) in [5.74, 6) is 0.959. The molecule has 3 rings (SSSR count). The first-order valence-electron chi connectivity index (χ1n) is 6.25. The molecule has 0 bridgehead atoms. The Kier molecular flexibility index (Phi) is 4.44. The Morgan fingerprint density at radius 1 is 1.21 bits per heavy atom. The van der Waals surface area contributed by atoms with Gasteiger partial charge in [0, 0.05) is 24.2 Å². The predicted octanol–water partition coefficient (Wildman–Crippen LogP) is 2.42. The SMILES string of the molecule is N#Cc1cn(-c2ccc3c(c2)OCO3)c(=O)n(SC(Cl)(Cl)Cl)c1=O. The van der Waals surface area contributed by atoms with Gasteiger partial charge in [0.2, 0.25) is 6.79 Å². The van der Waals surface area contributed by atoms with Crippen LogP contribution in [-0.2, 0) is 0 Å². The molecule has 7 nitrogen and oxygen atoms in total. The molecule has 2 heterocycles. The van der Waals surface area contributed by atoms with Gasteiger partial charge in [-0.3, -0.25) is 9.36 Å². The minimum Gasteiger partial charge on any atom is -0.454 e. The van der Waals surface area contributed by atoms with E-state index < -0.39 is 14.4 Å². The zero-order chi connectivity index (χ0) is 17.5. The summed E-state index contributed by atoms with van der Waals surface area (Å²) in [6.45, 7) is 0.0692. The molecule has 1 aliphatic heterocycles. The molecule has 1 aromatic carbocycles. The van der Waals surface area contributed by atoms with Crippen LogP contribution in [0.15, 0.2) is 34.0 Å². The molecular weight excluding hydrogens is 401 g/mol. The molecule has 0 atom stereocenters. The fourth-order valence-corrected chi connectivity index (χ4v) is 3.19. The Balaban J connectivity index is 2.22. The third-order valence-corrected chi connectivity index (χ3v) is 4.34. The minimum atomic E-state index is -1.95. The van der Waals surface area contributed by atoms with Crippen molar-refractivity contribution >= 4 is 46.8 Å². The fraction of sp³-hybridized carbons (Fsp3) is 0.154. The largest absolute Gasteiger partial charge is 0.454 e. The Bertz CT molecular complexity index is 974. The number of nitrogens with zero attached hydrogens (tertiary/aromatic N) is 3. The highest BCUT2D eigenvalue weighted by Crippen LogP contribution is 2.38. The molecule has 0 aliphatic carbocycles. The van der Waals surface area contributed by atoms with Gasteiger partial charge in [-0.1, -0.05) is 34.8 Å². The highest BCUT2D eigenvalue weighted by atomic mass is 35.6. The summed E-state index contributed by atoms with van der Waals surface area (Å²) in [4.78, 5) is 24.7. The zero-order valence-corrected chi connectivity index (χ0v) is 14.6. The second-order valence-electron chi connectivity index (χ2n) is 4.48. The predicted molar refractivity (Wildman–Crippen MR) is 90.4 cm³/mol. The van der Waals surface area contributed by atoms with Crippen LogP contribution in [0, 0.1) is 11.3 Å². The summed E-state index contributed by atoms with van der Waals surface area (Å²) in [7, 11) is 0. The minimum absolute atomic E-state index is 0.0692. The first-order chi connectivity index (χ1) is 11.3. The molecule has 24 heavy (non-hydrogen) atoms. The topological polar surface area (TPSA) is 86.2 Å². The molecular formula is C13H6Cl3N3O4S. The molecule has 0 unspecified atom stereocenters. The van der Waals surface area contributed by atoms with E-state index in [4.69, 9.17) is 49.5 Å². The summed E-state index contributed by atoms with van der Waals surface area (Å²) in [5.41, 5.74) is -1.57. The maximum atomic E-state index is 12.6. The Morgan fingerprint density at radius 2 is 1.92 bits per heavy atom. The van der Waals surface area contributed by atoms with Crippen molar-refractivity contribution in [2.75, 3.05) is 6.79 Å². The number of ether oxygens (including phenoxy) is 2. The number of hydrogen-bond donors (Lipinski definition) is 0. The van der Waals surface area contributed by atoms with Crippen molar-refractivity contribution in [3.8, 4) is 23.3 Å². The lowest BCUT2D eigenvalue weighted by molar-refractivity contribution is 0.174. The Morgan fingerprint density at radius 3 is 2.58 bits per heavy atom. The van der Waals surface area contributed by atoms with Gasteiger partial charge in [0.25, 0.3) is 8.68 Å². The highest BCUT2D eigenvalue weighted by Gasteiger charge is 2.26. The molecule has 0 saturated carbocycles. The normalized spacial score (nSPS) is 12.9. The number of alkyl halides is 3. The van der Waals surface area contributed by atoms with Gasteiger partial charge < -0.3 is 9.47 Å². The average molecular weight is 407 g/mol. The standard InChI is InChI=1S/C13H6Cl3N3O4S/c14-13(15,16)24-19-11(20)7(4-17)5-18(12(19)21)8-1-2-9-10(3-8)23-6-22-9/h1-3,5H,6H2. The Hall–Kier alpha value is -1.79. The van der Waals surface area contributed by atoms with E-state index in [-0.39, 0.29) is 12.4 Å². The third-order valence-electron chi connectivity index (χ3n) is 3.00. The molecule has 0 spiro atoms. The maximum absolute atomic E-state index is 12.6. The molecule has 0 radical (unpaired) electrons. The number of rotatable bonds is 2. The second kappa shape index (κ2) is 6.26. The van der Waals surface area contributed by atoms with Crippen molar-refractivity contribution in [1.29, 1.82) is 5.26 Å². The maximum Gasteiger partial charge on any atom is 0.346 e. The number of hydrogen-bond acceptors (Lipinski definition) is 6. The van der Waals surface area contributed by atoms with Crippen molar-refractivity contribution in [3.63, 3.8) is 0 Å². The molecule has 0 amide bonds. The first kappa shape index (κ1) is 17.0. The lowest BCUT2D eigenvalue weighted by Crippen LogP contribution is -2.38. The number of benzene rings is 1. The van der Waals surface area contributed by atoms with Crippen LogP contribution in [0.5, 0.6) is 11.5 Å². The fourth-order valence-electron chi connectivity index (χ4n) is 2.01. The van der Waals surface area contributed by atoms with E-state index in [1.165, 1.54) is 0 Å². The van der Waals surface area contributed by atoms with E-state index >= 15 is 0 Å². The van der Waals surface area contributed by atoms with Gasteiger partial charge in [-0.15, -0.1) is 0 Å². The summed E-state index contributed by atoms with van der Waals surface area (Å²) < 4.78 is 10.2. The number of aromatic nitrogens is 2. The Labute approximate surface area is 154 Å². The molecule has 124 valence electrons. The van der Waals surface area contributed by atoms with Crippen molar-refractivity contribution in [2.24, 2.45) is 0 Å². The summed E-state index contributed by atoms with van der Waals surface area (Å²) in [6.07, 6.45) is 1.12. The van der Waals surface area contributed by atoms with Crippen molar-refractivity contribution in [2.45, 2.75) is 3.12 Å². The quantitative estimate of drug-likeness (QED) is 0.712. The lowest BCUT2D eigenvalue weighted by atomic mass is 10.2. The monoisotopic (exact) mass is 405 g/mol. The van der Waals surface area contributed by atoms with Gasteiger partial charge >= 0.3 is 5.69 Å². The van der Waals surface area contributed by atoms with E-state index in [1.807, 2.05) is 0 Å². The van der Waals surface area contributed by atoms with Gasteiger partial charge in [0.05, 0.1) is 5.69 Å². The molecule has 1 aromatic heterocycles. The van der Waals surface area contributed by atoms with E-state index in [0.29, 0.717) is 33.1 Å². The molecule has 1 aliphatic rings. The molecule has 2 aromatic rings. The number of halogens is 3. The van der Waals surface area contributed by atoms with Gasteiger partial charge in [-0.05, 0) is 12.1 Å². The molecule has 0 N–H and O–H groups in total. The van der Waals surface area contributed by atoms with Crippen LogP contribution in [0.2, 0.25) is 0 Å². The van der Waals surface area contributed by atoms with Crippen LogP contribution in [0.25, 0.3) is 5.69 Å². The zero-order valence-electron chi connectivity index (χ0n) is 11.5. The summed E-state index contributed by atoms with van der Waals surface area (Å²) in [5, 5.41) is 9.13. The van der Waals surface area contributed by atoms with E-state index in [2.05, 4.69) is 0 Å². The highest BCUT2D eigenvalue weighted by molar-refractivity contribution is 8.03. The first-order valence-corrected chi connectivity index (χ1v) is 8.16. The van der Waals surface area contributed by atoms with E-state index in [9.17, 15) is 9.59 Å². The summed E-state index contributed by atoms with van der Waals surface area (Å²) >= 11 is 17.3. The summed E-state index contributed by atoms with van der Waals surface area (Å²) in [6, 6.07) is 6.44. The van der Waals surface area contributed by atoms with Crippen LogP contribution in [0.1, 0.15) is 5.56 Å². The average Bonchev–Trinajstić information content (AvgIpc) is 2.98. The molecule has 0 fully saturated rings. The lowest BCUT2D eigenvalue weighted by Gasteiger charge is -2.14. The smallest absolute Gasteiger partial charge is 0.346 e. The number of fused-ring (bicyclic) bond motifs is 1. The van der Waals surface area contributed by atoms with E-state index in [0.717, 1.165) is 10.8 Å². The molecule has 0 saturated heterocycles. The van der Waals surface area contributed by atoms with Gasteiger partial charge in [-0.25, -0.2) is 4.79 Å². The van der Waals surface area contributed by atoms with Crippen molar-refractivity contribution < 1.29 is 9.47 Å². The number of nitriles is 1. The van der Waals surface area contributed by atoms with Crippen LogP contribution in [-0.4, -0.2) is 18.5 Å². The van der Waals surface area contributed by atoms with Gasteiger partial charge in [0.1, 0.15) is 11.6 Å². The van der Waals surface area contributed by atoms with Gasteiger partial charge in [-0.2, -0.15) is 9.23 Å². The second-order valence-corrected chi connectivity index (χ2v) is 8.59. The van der Waals surface area contributed by atoms with Crippen molar-refractivity contribution in [3.05, 3.63) is 50.8 Å².